The molecule has 0 amide bonds. The average Bonchev–Trinajstić information content (AvgIpc) is 3.09. The van der Waals surface area contributed by atoms with E-state index in [4.69, 9.17) is 5.73 Å². The zero-order valence-electron chi connectivity index (χ0n) is 15.5. The van der Waals surface area contributed by atoms with Crippen molar-refractivity contribution in [3.05, 3.63) is 58.9 Å². The highest BCUT2D eigenvalue weighted by atomic mass is 32.1. The van der Waals surface area contributed by atoms with Crippen LogP contribution in [0.4, 0.5) is 23.2 Å². The van der Waals surface area contributed by atoms with Gasteiger partial charge in [-0.15, -0.1) is 11.3 Å². The van der Waals surface area contributed by atoms with Gasteiger partial charge in [0.05, 0.1) is 27.0 Å². The molecule has 2 heterocycles. The Hall–Kier alpha value is -2.23. The number of nitrogens with two attached hydrogens (primary N) is 1. The number of anilines is 1. The number of hydrogen-bond donors (Lipinski definition) is 1. The van der Waals surface area contributed by atoms with Crippen LogP contribution in [0.5, 0.6) is 0 Å². The highest BCUT2D eigenvalue weighted by Crippen LogP contribution is 2.32. The van der Waals surface area contributed by atoms with Gasteiger partial charge in [0.1, 0.15) is 5.82 Å². The Bertz CT molecular complexity index is 996. The van der Waals surface area contributed by atoms with E-state index in [1.807, 2.05) is 4.90 Å². The van der Waals surface area contributed by atoms with Gasteiger partial charge in [0.25, 0.3) is 0 Å². The van der Waals surface area contributed by atoms with Crippen LogP contribution in [-0.4, -0.2) is 42.2 Å². The molecule has 154 valence electrons. The minimum atomic E-state index is -4.35. The van der Waals surface area contributed by atoms with Crippen molar-refractivity contribution >= 4 is 27.2 Å². The monoisotopic (exact) mass is 424 g/mol. The predicted molar refractivity (Wildman–Crippen MR) is 106 cm³/mol. The maximum Gasteiger partial charge on any atom is 0.416 e. The first kappa shape index (κ1) is 20.1. The molecule has 4 rings (SSSR count). The Morgan fingerprint density at radius 2 is 1.83 bits per heavy atom. The summed E-state index contributed by atoms with van der Waals surface area (Å²) in [5.41, 5.74) is 7.04. The zero-order valence-corrected chi connectivity index (χ0v) is 16.3. The summed E-state index contributed by atoms with van der Waals surface area (Å²) in [5, 5.41) is 0.846. The first-order chi connectivity index (χ1) is 13.8. The first-order valence-electron chi connectivity index (χ1n) is 9.26. The molecular formula is C20H20F4N4S. The fourth-order valence-corrected chi connectivity index (χ4v) is 4.57. The molecule has 9 heteroatoms. The maximum atomic E-state index is 13.3. The molecule has 1 unspecified atom stereocenters. The van der Waals surface area contributed by atoms with Gasteiger partial charge in [0, 0.05) is 38.3 Å². The van der Waals surface area contributed by atoms with Crippen molar-refractivity contribution in [2.45, 2.75) is 18.8 Å². The lowest BCUT2D eigenvalue weighted by molar-refractivity contribution is -0.137. The van der Waals surface area contributed by atoms with Gasteiger partial charge in [-0.05, 0) is 36.4 Å². The number of fused-ring (bicyclic) bond motifs is 1. The Morgan fingerprint density at radius 1 is 1.07 bits per heavy atom. The SMILES string of the molecule is NC(Cc1nc2ccc(F)cc2s1)N1CCN(c2cccc(C(F)(F)F)c2)CC1. The van der Waals surface area contributed by atoms with Crippen LogP contribution in [0, 0.1) is 5.82 Å². The third-order valence-corrected chi connectivity index (χ3v) is 6.14. The Kier molecular flexibility index (Phi) is 5.46. The number of benzene rings is 2. The van der Waals surface area contributed by atoms with Crippen LogP contribution in [0.25, 0.3) is 10.2 Å². The van der Waals surface area contributed by atoms with Crippen molar-refractivity contribution in [2.75, 3.05) is 31.1 Å². The average molecular weight is 424 g/mol. The van der Waals surface area contributed by atoms with Crippen molar-refractivity contribution in [3.63, 3.8) is 0 Å². The van der Waals surface area contributed by atoms with Gasteiger partial charge in [-0.1, -0.05) is 6.07 Å². The highest BCUT2D eigenvalue weighted by molar-refractivity contribution is 7.18. The van der Waals surface area contributed by atoms with Crippen molar-refractivity contribution in [3.8, 4) is 0 Å². The third-order valence-electron chi connectivity index (χ3n) is 5.10. The molecule has 0 radical (unpaired) electrons. The van der Waals surface area contributed by atoms with Crippen LogP contribution in [0.2, 0.25) is 0 Å². The van der Waals surface area contributed by atoms with Crippen LogP contribution < -0.4 is 10.6 Å². The Balaban J connectivity index is 1.37. The molecule has 0 spiro atoms. The third kappa shape index (κ3) is 4.52. The summed E-state index contributed by atoms with van der Waals surface area (Å²) in [5.74, 6) is -0.289. The second-order valence-corrected chi connectivity index (χ2v) is 8.18. The van der Waals surface area contributed by atoms with E-state index < -0.39 is 11.7 Å². The van der Waals surface area contributed by atoms with Crippen LogP contribution in [0.1, 0.15) is 10.6 Å². The molecule has 1 atom stereocenters. The molecule has 1 aromatic heterocycles. The molecule has 1 aliphatic rings. The Labute approximate surface area is 169 Å². The number of halogens is 4. The maximum absolute atomic E-state index is 13.3. The second-order valence-electron chi connectivity index (χ2n) is 7.06. The Morgan fingerprint density at radius 3 is 2.55 bits per heavy atom. The van der Waals surface area contributed by atoms with E-state index in [0.29, 0.717) is 38.3 Å². The number of aromatic nitrogens is 1. The molecule has 1 saturated heterocycles. The lowest BCUT2D eigenvalue weighted by atomic mass is 10.1. The first-order valence-corrected chi connectivity index (χ1v) is 10.1. The summed E-state index contributed by atoms with van der Waals surface area (Å²) in [6.45, 7) is 2.49. The fourth-order valence-electron chi connectivity index (χ4n) is 3.53. The van der Waals surface area contributed by atoms with Gasteiger partial charge >= 0.3 is 6.18 Å². The number of alkyl halides is 3. The van der Waals surface area contributed by atoms with Crippen molar-refractivity contribution in [2.24, 2.45) is 5.73 Å². The van der Waals surface area contributed by atoms with Gasteiger partial charge in [-0.3, -0.25) is 4.90 Å². The molecule has 0 bridgehead atoms. The molecule has 0 aliphatic carbocycles. The van der Waals surface area contributed by atoms with E-state index in [1.165, 1.54) is 35.6 Å². The number of hydrogen-bond acceptors (Lipinski definition) is 5. The minimum Gasteiger partial charge on any atom is -0.369 e. The molecule has 2 aromatic carbocycles. The number of rotatable bonds is 4. The summed E-state index contributed by atoms with van der Waals surface area (Å²) in [4.78, 5) is 8.56. The molecule has 3 aromatic rings. The quantitative estimate of drug-likeness (QED) is 0.641. The minimum absolute atomic E-state index is 0.246. The summed E-state index contributed by atoms with van der Waals surface area (Å²) in [6.07, 6.45) is -4.05. The number of piperazine rings is 1. The predicted octanol–water partition coefficient (Wildman–Crippen LogP) is 4.10. The van der Waals surface area contributed by atoms with Gasteiger partial charge in [0.2, 0.25) is 0 Å². The summed E-state index contributed by atoms with van der Waals surface area (Å²) < 4.78 is 53.0. The van der Waals surface area contributed by atoms with E-state index >= 15 is 0 Å². The second kappa shape index (κ2) is 7.89. The summed E-state index contributed by atoms with van der Waals surface area (Å²) >= 11 is 1.43. The largest absolute Gasteiger partial charge is 0.416 e. The summed E-state index contributed by atoms with van der Waals surface area (Å²) in [6, 6.07) is 9.92. The summed E-state index contributed by atoms with van der Waals surface area (Å²) in [7, 11) is 0. The lowest BCUT2D eigenvalue weighted by Crippen LogP contribution is -2.54. The van der Waals surface area contributed by atoms with E-state index in [2.05, 4.69) is 9.88 Å². The van der Waals surface area contributed by atoms with Crippen molar-refractivity contribution < 1.29 is 17.6 Å². The molecule has 1 fully saturated rings. The molecule has 2 N–H and O–H groups in total. The normalized spacial score (nSPS) is 17.1. The van der Waals surface area contributed by atoms with Crippen LogP contribution in [0.3, 0.4) is 0 Å². The van der Waals surface area contributed by atoms with E-state index in [0.717, 1.165) is 21.3 Å². The van der Waals surface area contributed by atoms with Gasteiger partial charge < -0.3 is 10.6 Å². The van der Waals surface area contributed by atoms with Gasteiger partial charge in [0.15, 0.2) is 0 Å². The highest BCUT2D eigenvalue weighted by Gasteiger charge is 2.31. The fraction of sp³-hybridized carbons (Fsp3) is 0.350. The van der Waals surface area contributed by atoms with Crippen LogP contribution in [-0.2, 0) is 12.6 Å². The number of nitrogens with zero attached hydrogens (tertiary/aromatic N) is 3. The molecule has 0 saturated carbocycles. The standard InChI is InChI=1S/C20H20F4N4S/c21-14-4-5-16-17(11-14)29-19(26-16)12-18(25)28-8-6-27(7-9-28)15-3-1-2-13(10-15)20(22,23)24/h1-5,10-11,18H,6-9,12,25H2. The van der Waals surface area contributed by atoms with Gasteiger partial charge in [-0.25, -0.2) is 9.37 Å². The van der Waals surface area contributed by atoms with Crippen LogP contribution >= 0.6 is 11.3 Å². The van der Waals surface area contributed by atoms with E-state index in [-0.39, 0.29) is 12.0 Å². The van der Waals surface area contributed by atoms with Crippen LogP contribution in [0.15, 0.2) is 42.5 Å². The van der Waals surface area contributed by atoms with E-state index in [1.54, 1.807) is 12.1 Å². The smallest absolute Gasteiger partial charge is 0.369 e. The van der Waals surface area contributed by atoms with E-state index in [9.17, 15) is 17.6 Å². The topological polar surface area (TPSA) is 45.4 Å². The van der Waals surface area contributed by atoms with Gasteiger partial charge in [-0.2, -0.15) is 13.2 Å². The molecule has 1 aliphatic heterocycles. The molecule has 29 heavy (non-hydrogen) atoms. The lowest BCUT2D eigenvalue weighted by Gasteiger charge is -2.38. The van der Waals surface area contributed by atoms with Crippen molar-refractivity contribution in [1.29, 1.82) is 0 Å². The molecular weight excluding hydrogens is 404 g/mol. The number of thiazole rings is 1. The molecule has 4 nitrogen and oxygen atoms in total. The van der Waals surface area contributed by atoms with Crippen molar-refractivity contribution in [1.82, 2.24) is 9.88 Å². The zero-order chi connectivity index (χ0) is 20.6.